The maximum Gasteiger partial charge on any atom is 0.162 e. The standard InChI is InChI=1S/C15H21N3O2/c1-5-20-13-7-6-12(10-14(13)19-4)17-11(2)15-16-8-9-18(15)3/h6-11,17H,5H2,1-4H3. The average Bonchev–Trinajstić information content (AvgIpc) is 2.87. The van der Waals surface area contributed by atoms with E-state index in [1.807, 2.05) is 42.9 Å². The summed E-state index contributed by atoms with van der Waals surface area (Å²) in [6.45, 7) is 4.65. The van der Waals surface area contributed by atoms with E-state index in [1.54, 1.807) is 13.3 Å². The molecule has 1 aromatic carbocycles. The predicted molar refractivity (Wildman–Crippen MR) is 79.4 cm³/mol. The van der Waals surface area contributed by atoms with Gasteiger partial charge in [0.25, 0.3) is 0 Å². The summed E-state index contributed by atoms with van der Waals surface area (Å²) < 4.78 is 12.9. The van der Waals surface area contributed by atoms with Crippen LogP contribution in [0.4, 0.5) is 5.69 Å². The lowest BCUT2D eigenvalue weighted by molar-refractivity contribution is 0.311. The van der Waals surface area contributed by atoms with Crippen LogP contribution in [0.25, 0.3) is 0 Å². The van der Waals surface area contributed by atoms with Gasteiger partial charge in [-0.3, -0.25) is 0 Å². The minimum atomic E-state index is 0.109. The summed E-state index contributed by atoms with van der Waals surface area (Å²) in [5, 5.41) is 3.41. The van der Waals surface area contributed by atoms with Crippen LogP contribution < -0.4 is 14.8 Å². The van der Waals surface area contributed by atoms with Crippen molar-refractivity contribution in [3.8, 4) is 11.5 Å². The van der Waals surface area contributed by atoms with E-state index >= 15 is 0 Å². The third-order valence-electron chi connectivity index (χ3n) is 3.09. The highest BCUT2D eigenvalue weighted by Crippen LogP contribution is 2.31. The van der Waals surface area contributed by atoms with Gasteiger partial charge < -0.3 is 19.4 Å². The second kappa shape index (κ2) is 6.32. The Bertz CT molecular complexity index is 566. The molecule has 0 aliphatic heterocycles. The highest BCUT2D eigenvalue weighted by atomic mass is 16.5. The molecule has 1 heterocycles. The van der Waals surface area contributed by atoms with Crippen molar-refractivity contribution in [2.24, 2.45) is 7.05 Å². The Labute approximate surface area is 119 Å². The van der Waals surface area contributed by atoms with Crippen LogP contribution in [0.3, 0.4) is 0 Å². The van der Waals surface area contributed by atoms with Crippen molar-refractivity contribution in [3.05, 3.63) is 36.4 Å². The van der Waals surface area contributed by atoms with Gasteiger partial charge in [0.2, 0.25) is 0 Å². The summed E-state index contributed by atoms with van der Waals surface area (Å²) in [5.74, 6) is 2.46. The minimum Gasteiger partial charge on any atom is -0.493 e. The number of ether oxygens (including phenoxy) is 2. The Morgan fingerprint density at radius 2 is 2.15 bits per heavy atom. The normalized spacial score (nSPS) is 12.0. The fourth-order valence-corrected chi connectivity index (χ4v) is 2.14. The van der Waals surface area contributed by atoms with Crippen LogP contribution >= 0.6 is 0 Å². The Hall–Kier alpha value is -2.17. The first-order valence-corrected chi connectivity index (χ1v) is 6.70. The Morgan fingerprint density at radius 1 is 1.35 bits per heavy atom. The molecule has 0 saturated heterocycles. The van der Waals surface area contributed by atoms with Gasteiger partial charge in [0.15, 0.2) is 11.5 Å². The number of hydrogen-bond acceptors (Lipinski definition) is 4. The van der Waals surface area contributed by atoms with E-state index in [1.165, 1.54) is 0 Å². The number of hydrogen-bond donors (Lipinski definition) is 1. The number of aromatic nitrogens is 2. The van der Waals surface area contributed by atoms with E-state index in [0.717, 1.165) is 23.0 Å². The molecule has 1 N–H and O–H groups in total. The van der Waals surface area contributed by atoms with Crippen LogP contribution in [-0.4, -0.2) is 23.3 Å². The molecule has 0 aliphatic carbocycles. The summed E-state index contributed by atoms with van der Waals surface area (Å²) in [4.78, 5) is 4.35. The molecule has 0 spiro atoms. The van der Waals surface area contributed by atoms with Gasteiger partial charge >= 0.3 is 0 Å². The zero-order valence-corrected chi connectivity index (χ0v) is 12.4. The average molecular weight is 275 g/mol. The quantitative estimate of drug-likeness (QED) is 0.880. The lowest BCUT2D eigenvalue weighted by Crippen LogP contribution is -2.12. The van der Waals surface area contributed by atoms with Crippen molar-refractivity contribution in [1.29, 1.82) is 0 Å². The monoisotopic (exact) mass is 275 g/mol. The van der Waals surface area contributed by atoms with Crippen molar-refractivity contribution in [2.75, 3.05) is 19.0 Å². The zero-order valence-electron chi connectivity index (χ0n) is 12.4. The molecule has 0 saturated carbocycles. The number of methoxy groups -OCH3 is 1. The maximum atomic E-state index is 5.51. The van der Waals surface area contributed by atoms with Crippen molar-refractivity contribution in [3.63, 3.8) is 0 Å². The van der Waals surface area contributed by atoms with Gasteiger partial charge in [-0.05, 0) is 26.0 Å². The van der Waals surface area contributed by atoms with E-state index in [2.05, 4.69) is 17.2 Å². The molecule has 20 heavy (non-hydrogen) atoms. The van der Waals surface area contributed by atoms with Crippen LogP contribution in [0.1, 0.15) is 25.7 Å². The maximum absolute atomic E-state index is 5.51. The van der Waals surface area contributed by atoms with Gasteiger partial charge in [0.1, 0.15) is 5.82 Å². The van der Waals surface area contributed by atoms with E-state index in [4.69, 9.17) is 9.47 Å². The highest BCUT2D eigenvalue weighted by molar-refractivity contribution is 5.55. The molecule has 5 nitrogen and oxygen atoms in total. The molecule has 1 unspecified atom stereocenters. The fourth-order valence-electron chi connectivity index (χ4n) is 2.14. The number of imidazole rings is 1. The van der Waals surface area contributed by atoms with E-state index < -0.39 is 0 Å². The molecule has 2 aromatic rings. The summed E-state index contributed by atoms with van der Waals surface area (Å²) in [6.07, 6.45) is 3.73. The Morgan fingerprint density at radius 3 is 2.75 bits per heavy atom. The molecule has 0 radical (unpaired) electrons. The number of rotatable bonds is 6. The van der Waals surface area contributed by atoms with Crippen LogP contribution in [0, 0.1) is 0 Å². The molecule has 1 atom stereocenters. The largest absolute Gasteiger partial charge is 0.493 e. The summed E-state index contributed by atoms with van der Waals surface area (Å²) >= 11 is 0. The number of aryl methyl sites for hydroxylation is 1. The minimum absolute atomic E-state index is 0.109. The lowest BCUT2D eigenvalue weighted by atomic mass is 10.2. The molecule has 1 aromatic heterocycles. The molecule has 0 aliphatic rings. The molecule has 5 heteroatoms. The van der Waals surface area contributed by atoms with Gasteiger partial charge in [0.05, 0.1) is 19.8 Å². The lowest BCUT2D eigenvalue weighted by Gasteiger charge is -2.17. The van der Waals surface area contributed by atoms with Gasteiger partial charge in [0, 0.05) is 31.2 Å². The van der Waals surface area contributed by atoms with Crippen molar-refractivity contribution in [1.82, 2.24) is 9.55 Å². The molecule has 0 fully saturated rings. The van der Waals surface area contributed by atoms with Crippen LogP contribution in [0.2, 0.25) is 0 Å². The number of anilines is 1. The Balaban J connectivity index is 2.15. The SMILES string of the molecule is CCOc1ccc(NC(C)c2nccn2C)cc1OC. The number of nitrogens with one attached hydrogen (secondary N) is 1. The third-order valence-corrected chi connectivity index (χ3v) is 3.09. The summed E-state index contributed by atoms with van der Waals surface area (Å²) in [7, 11) is 3.63. The van der Waals surface area contributed by atoms with Crippen molar-refractivity contribution < 1.29 is 9.47 Å². The van der Waals surface area contributed by atoms with E-state index in [-0.39, 0.29) is 6.04 Å². The summed E-state index contributed by atoms with van der Waals surface area (Å²) in [5.41, 5.74) is 0.973. The predicted octanol–water partition coefficient (Wildman–Crippen LogP) is 3.00. The van der Waals surface area contributed by atoms with Gasteiger partial charge in [-0.15, -0.1) is 0 Å². The molecule has 108 valence electrons. The van der Waals surface area contributed by atoms with Crippen LogP contribution in [0.15, 0.2) is 30.6 Å². The second-order valence-corrected chi connectivity index (χ2v) is 4.56. The third kappa shape index (κ3) is 3.04. The molecular weight excluding hydrogens is 254 g/mol. The van der Waals surface area contributed by atoms with Gasteiger partial charge in [-0.1, -0.05) is 0 Å². The first-order chi connectivity index (χ1) is 9.65. The van der Waals surface area contributed by atoms with Crippen LogP contribution in [0.5, 0.6) is 11.5 Å². The van der Waals surface area contributed by atoms with Crippen LogP contribution in [-0.2, 0) is 7.05 Å². The molecule has 0 amide bonds. The molecular formula is C15H21N3O2. The second-order valence-electron chi connectivity index (χ2n) is 4.56. The fraction of sp³-hybridized carbons (Fsp3) is 0.400. The topological polar surface area (TPSA) is 48.3 Å². The number of benzene rings is 1. The number of nitrogens with zero attached hydrogens (tertiary/aromatic N) is 2. The van der Waals surface area contributed by atoms with Crippen molar-refractivity contribution in [2.45, 2.75) is 19.9 Å². The molecule has 2 rings (SSSR count). The first-order valence-electron chi connectivity index (χ1n) is 6.70. The Kier molecular flexibility index (Phi) is 4.50. The highest BCUT2D eigenvalue weighted by Gasteiger charge is 2.11. The van der Waals surface area contributed by atoms with E-state index in [0.29, 0.717) is 6.61 Å². The van der Waals surface area contributed by atoms with Gasteiger partial charge in [-0.2, -0.15) is 0 Å². The van der Waals surface area contributed by atoms with Crippen molar-refractivity contribution >= 4 is 5.69 Å². The first kappa shape index (κ1) is 14.2. The zero-order chi connectivity index (χ0) is 14.5. The van der Waals surface area contributed by atoms with Gasteiger partial charge in [-0.25, -0.2) is 4.98 Å². The smallest absolute Gasteiger partial charge is 0.162 e. The van der Waals surface area contributed by atoms with E-state index in [9.17, 15) is 0 Å². The molecule has 0 bridgehead atoms. The summed E-state index contributed by atoms with van der Waals surface area (Å²) in [6, 6.07) is 5.94.